The number of halogens is 1. The van der Waals surface area contributed by atoms with Crippen molar-refractivity contribution in [1.29, 1.82) is 0 Å². The first-order chi connectivity index (χ1) is 12.2. The SMILES string of the molecule is CC[C@H](Oc1ccc(Cl)cc1)C(=O)N1CCN(c2ccccc2)CC1. The third-order valence-electron chi connectivity index (χ3n) is 4.45. The summed E-state index contributed by atoms with van der Waals surface area (Å²) in [6, 6.07) is 17.5. The quantitative estimate of drug-likeness (QED) is 0.814. The number of anilines is 1. The number of piperazine rings is 1. The van der Waals surface area contributed by atoms with Gasteiger partial charge in [-0.3, -0.25) is 4.79 Å². The van der Waals surface area contributed by atoms with Crippen molar-refractivity contribution in [2.75, 3.05) is 31.1 Å². The molecule has 3 rings (SSSR count). The van der Waals surface area contributed by atoms with E-state index in [-0.39, 0.29) is 5.91 Å². The van der Waals surface area contributed by atoms with Crippen LogP contribution >= 0.6 is 11.6 Å². The lowest BCUT2D eigenvalue weighted by Gasteiger charge is -2.37. The number of benzene rings is 2. The molecule has 0 unspecified atom stereocenters. The van der Waals surface area contributed by atoms with Gasteiger partial charge in [-0.2, -0.15) is 0 Å². The maximum Gasteiger partial charge on any atom is 0.263 e. The van der Waals surface area contributed by atoms with Crippen LogP contribution in [0.1, 0.15) is 13.3 Å². The second kappa shape index (κ2) is 8.26. The van der Waals surface area contributed by atoms with E-state index < -0.39 is 6.10 Å². The Bertz CT molecular complexity index is 683. The molecule has 1 amide bonds. The van der Waals surface area contributed by atoms with Crippen LogP contribution in [0.5, 0.6) is 5.75 Å². The Morgan fingerprint density at radius 3 is 2.28 bits per heavy atom. The molecule has 5 heteroatoms. The number of hydrogen-bond donors (Lipinski definition) is 0. The molecule has 2 aromatic carbocycles. The van der Waals surface area contributed by atoms with Crippen LogP contribution in [0.4, 0.5) is 5.69 Å². The van der Waals surface area contributed by atoms with Crippen molar-refractivity contribution in [2.45, 2.75) is 19.4 Å². The minimum Gasteiger partial charge on any atom is -0.481 e. The summed E-state index contributed by atoms with van der Waals surface area (Å²) in [5.74, 6) is 0.734. The standard InChI is InChI=1S/C20H23ClN2O2/c1-2-19(25-18-10-8-16(21)9-11-18)20(24)23-14-12-22(13-15-23)17-6-4-3-5-7-17/h3-11,19H,2,12-15H2,1H3/t19-/m0/s1. The van der Waals surface area contributed by atoms with Gasteiger partial charge < -0.3 is 14.5 Å². The topological polar surface area (TPSA) is 32.8 Å². The van der Waals surface area contributed by atoms with E-state index in [9.17, 15) is 4.79 Å². The van der Waals surface area contributed by atoms with Crippen LogP contribution in [0.15, 0.2) is 54.6 Å². The fourth-order valence-electron chi connectivity index (χ4n) is 3.01. The van der Waals surface area contributed by atoms with Crippen molar-refractivity contribution in [3.05, 3.63) is 59.6 Å². The van der Waals surface area contributed by atoms with Crippen LogP contribution in [-0.4, -0.2) is 43.1 Å². The van der Waals surface area contributed by atoms with E-state index in [1.165, 1.54) is 5.69 Å². The molecule has 25 heavy (non-hydrogen) atoms. The molecule has 1 heterocycles. The van der Waals surface area contributed by atoms with Crippen molar-refractivity contribution >= 4 is 23.2 Å². The van der Waals surface area contributed by atoms with Crippen LogP contribution in [-0.2, 0) is 4.79 Å². The van der Waals surface area contributed by atoms with Crippen LogP contribution in [0, 0.1) is 0 Å². The number of ether oxygens (including phenoxy) is 1. The lowest BCUT2D eigenvalue weighted by Crippen LogP contribution is -2.52. The van der Waals surface area contributed by atoms with Gasteiger partial charge in [0, 0.05) is 36.9 Å². The van der Waals surface area contributed by atoms with Gasteiger partial charge in [-0.05, 0) is 42.8 Å². The normalized spacial score (nSPS) is 15.8. The average Bonchev–Trinajstić information content (AvgIpc) is 2.68. The van der Waals surface area contributed by atoms with Gasteiger partial charge in [0.2, 0.25) is 0 Å². The summed E-state index contributed by atoms with van der Waals surface area (Å²) in [5.41, 5.74) is 1.21. The molecule has 0 aromatic heterocycles. The van der Waals surface area contributed by atoms with Crippen LogP contribution < -0.4 is 9.64 Å². The second-order valence-electron chi connectivity index (χ2n) is 6.12. The van der Waals surface area contributed by atoms with Crippen molar-refractivity contribution in [3.8, 4) is 5.75 Å². The summed E-state index contributed by atoms with van der Waals surface area (Å²) in [6.07, 6.45) is 0.185. The molecule has 1 saturated heterocycles. The molecule has 1 aliphatic rings. The Morgan fingerprint density at radius 2 is 1.68 bits per heavy atom. The molecule has 1 fully saturated rings. The van der Waals surface area contributed by atoms with Crippen molar-refractivity contribution in [3.63, 3.8) is 0 Å². The van der Waals surface area contributed by atoms with Gasteiger partial charge in [0.15, 0.2) is 6.10 Å². The maximum absolute atomic E-state index is 12.8. The molecule has 0 spiro atoms. The summed E-state index contributed by atoms with van der Waals surface area (Å²) in [5, 5.41) is 0.656. The zero-order chi connectivity index (χ0) is 17.6. The summed E-state index contributed by atoms with van der Waals surface area (Å²) >= 11 is 5.90. The first-order valence-electron chi connectivity index (χ1n) is 8.68. The Balaban J connectivity index is 1.57. The van der Waals surface area contributed by atoms with Gasteiger partial charge in [0.1, 0.15) is 5.75 Å². The number of carbonyl (C=O) groups is 1. The number of carbonyl (C=O) groups excluding carboxylic acids is 1. The van der Waals surface area contributed by atoms with Gasteiger partial charge in [-0.25, -0.2) is 0 Å². The minimum absolute atomic E-state index is 0.0603. The number of para-hydroxylation sites is 1. The Morgan fingerprint density at radius 1 is 1.04 bits per heavy atom. The molecule has 4 nitrogen and oxygen atoms in total. The molecule has 0 saturated carbocycles. The molecule has 0 radical (unpaired) electrons. The fourth-order valence-corrected chi connectivity index (χ4v) is 3.14. The zero-order valence-electron chi connectivity index (χ0n) is 14.4. The minimum atomic E-state index is -0.454. The van der Waals surface area contributed by atoms with E-state index >= 15 is 0 Å². The first kappa shape index (κ1) is 17.6. The predicted octanol–water partition coefficient (Wildman–Crippen LogP) is 3.85. The van der Waals surface area contributed by atoms with Crippen LogP contribution in [0.25, 0.3) is 0 Å². The smallest absolute Gasteiger partial charge is 0.263 e. The second-order valence-corrected chi connectivity index (χ2v) is 6.55. The Kier molecular flexibility index (Phi) is 5.82. The molecular weight excluding hydrogens is 336 g/mol. The molecule has 0 N–H and O–H groups in total. The van der Waals surface area contributed by atoms with Crippen LogP contribution in [0.2, 0.25) is 5.02 Å². The number of hydrogen-bond acceptors (Lipinski definition) is 3. The van der Waals surface area contributed by atoms with Crippen molar-refractivity contribution < 1.29 is 9.53 Å². The van der Waals surface area contributed by atoms with E-state index in [4.69, 9.17) is 16.3 Å². The highest BCUT2D eigenvalue weighted by molar-refractivity contribution is 6.30. The Labute approximate surface area is 154 Å². The lowest BCUT2D eigenvalue weighted by atomic mass is 10.2. The van der Waals surface area contributed by atoms with Crippen molar-refractivity contribution in [1.82, 2.24) is 4.90 Å². The van der Waals surface area contributed by atoms with Crippen LogP contribution in [0.3, 0.4) is 0 Å². The van der Waals surface area contributed by atoms with E-state index in [2.05, 4.69) is 17.0 Å². The fraction of sp³-hybridized carbons (Fsp3) is 0.350. The summed E-state index contributed by atoms with van der Waals surface area (Å²) in [7, 11) is 0. The highest BCUT2D eigenvalue weighted by Gasteiger charge is 2.27. The zero-order valence-corrected chi connectivity index (χ0v) is 15.2. The van der Waals surface area contributed by atoms with E-state index in [1.807, 2.05) is 30.0 Å². The molecular formula is C20H23ClN2O2. The average molecular weight is 359 g/mol. The molecule has 132 valence electrons. The summed E-state index contributed by atoms with van der Waals surface area (Å²) in [4.78, 5) is 17.0. The molecule has 0 bridgehead atoms. The summed E-state index contributed by atoms with van der Waals surface area (Å²) < 4.78 is 5.88. The lowest BCUT2D eigenvalue weighted by molar-refractivity contribution is -0.139. The monoisotopic (exact) mass is 358 g/mol. The predicted molar refractivity (Wildman–Crippen MR) is 101 cm³/mol. The summed E-state index contributed by atoms with van der Waals surface area (Å²) in [6.45, 7) is 5.08. The third-order valence-corrected chi connectivity index (χ3v) is 4.70. The number of rotatable bonds is 5. The maximum atomic E-state index is 12.8. The van der Waals surface area contributed by atoms with Crippen molar-refractivity contribution in [2.24, 2.45) is 0 Å². The van der Waals surface area contributed by atoms with E-state index in [0.717, 1.165) is 13.1 Å². The molecule has 0 aliphatic carbocycles. The van der Waals surface area contributed by atoms with E-state index in [1.54, 1.807) is 24.3 Å². The van der Waals surface area contributed by atoms with Gasteiger partial charge in [-0.1, -0.05) is 36.7 Å². The number of nitrogens with zero attached hydrogens (tertiary/aromatic N) is 2. The largest absolute Gasteiger partial charge is 0.481 e. The van der Waals surface area contributed by atoms with Gasteiger partial charge in [0.05, 0.1) is 0 Å². The molecule has 1 atom stereocenters. The van der Waals surface area contributed by atoms with E-state index in [0.29, 0.717) is 30.3 Å². The third kappa shape index (κ3) is 4.45. The van der Waals surface area contributed by atoms with Gasteiger partial charge in [-0.15, -0.1) is 0 Å². The first-order valence-corrected chi connectivity index (χ1v) is 9.06. The molecule has 1 aliphatic heterocycles. The Hall–Kier alpha value is -2.20. The number of amides is 1. The highest BCUT2D eigenvalue weighted by atomic mass is 35.5. The molecule has 2 aromatic rings. The highest BCUT2D eigenvalue weighted by Crippen LogP contribution is 2.20. The van der Waals surface area contributed by atoms with Gasteiger partial charge >= 0.3 is 0 Å². The van der Waals surface area contributed by atoms with Gasteiger partial charge in [0.25, 0.3) is 5.91 Å².